The number of nitrogens with zero attached hydrogens (tertiary/aromatic N) is 2. The van der Waals surface area contributed by atoms with Gasteiger partial charge in [0.15, 0.2) is 0 Å². The number of carboxylic acid groups (broad SMARTS) is 2. The van der Waals surface area contributed by atoms with Gasteiger partial charge in [0.1, 0.15) is 0 Å². The third-order valence-electron chi connectivity index (χ3n) is 5.55. The molecule has 0 aliphatic carbocycles. The SMILES string of the molecule is CCC(=O)N(c1ccccc1)C1CCN(Cc2ccccc2)C(COC)C1.O=C(O)C(=O)O. The maximum absolute atomic E-state index is 12.7. The molecule has 0 radical (unpaired) electrons. The molecule has 0 bridgehead atoms. The lowest BCUT2D eigenvalue weighted by Crippen LogP contribution is -2.52. The highest BCUT2D eigenvalue weighted by atomic mass is 16.5. The Kier molecular flexibility index (Phi) is 10.5. The molecule has 2 unspecified atom stereocenters. The molecule has 1 aliphatic heterocycles. The minimum Gasteiger partial charge on any atom is -0.473 e. The molecule has 8 heteroatoms. The number of carboxylic acids is 2. The molecule has 0 saturated carbocycles. The third kappa shape index (κ3) is 8.00. The number of carbonyl (C=O) groups excluding carboxylic acids is 1. The summed E-state index contributed by atoms with van der Waals surface area (Å²) in [6.45, 7) is 4.52. The third-order valence-corrected chi connectivity index (χ3v) is 5.55. The maximum atomic E-state index is 12.7. The number of methoxy groups -OCH3 is 1. The van der Waals surface area contributed by atoms with Crippen LogP contribution in [0.4, 0.5) is 5.69 Å². The van der Waals surface area contributed by atoms with Crippen molar-refractivity contribution >= 4 is 23.5 Å². The van der Waals surface area contributed by atoms with Gasteiger partial charge in [0.25, 0.3) is 0 Å². The first-order chi connectivity index (χ1) is 15.9. The van der Waals surface area contributed by atoms with Crippen LogP contribution in [0.5, 0.6) is 0 Å². The molecule has 2 atom stereocenters. The Morgan fingerprint density at radius 3 is 2.09 bits per heavy atom. The highest BCUT2D eigenvalue weighted by molar-refractivity contribution is 6.27. The number of amides is 1. The van der Waals surface area contributed by atoms with Crippen molar-refractivity contribution in [3.8, 4) is 0 Å². The molecule has 1 heterocycles. The summed E-state index contributed by atoms with van der Waals surface area (Å²) in [5.74, 6) is -3.45. The summed E-state index contributed by atoms with van der Waals surface area (Å²) in [5, 5.41) is 14.8. The fourth-order valence-electron chi connectivity index (χ4n) is 4.02. The minimum absolute atomic E-state index is 0.193. The van der Waals surface area contributed by atoms with E-state index in [9.17, 15) is 4.79 Å². The van der Waals surface area contributed by atoms with Gasteiger partial charge in [-0.25, -0.2) is 9.59 Å². The summed E-state index contributed by atoms with van der Waals surface area (Å²) in [4.78, 5) is 35.4. The summed E-state index contributed by atoms with van der Waals surface area (Å²) < 4.78 is 5.52. The fraction of sp³-hybridized carbons (Fsp3) is 0.400. The first-order valence-corrected chi connectivity index (χ1v) is 11.0. The largest absolute Gasteiger partial charge is 0.473 e. The van der Waals surface area contributed by atoms with Crippen LogP contribution in [0, 0.1) is 0 Å². The summed E-state index contributed by atoms with van der Waals surface area (Å²) in [6, 6.07) is 21.2. The molecule has 2 aromatic rings. The van der Waals surface area contributed by atoms with E-state index in [0.29, 0.717) is 19.1 Å². The van der Waals surface area contributed by atoms with Gasteiger partial charge in [0.2, 0.25) is 5.91 Å². The topological polar surface area (TPSA) is 107 Å². The number of aliphatic carboxylic acids is 2. The van der Waals surface area contributed by atoms with Gasteiger partial charge in [0.05, 0.1) is 6.61 Å². The molecule has 1 amide bonds. The van der Waals surface area contributed by atoms with E-state index in [4.69, 9.17) is 24.5 Å². The minimum atomic E-state index is -1.82. The van der Waals surface area contributed by atoms with Gasteiger partial charge in [-0.05, 0) is 30.5 Å². The van der Waals surface area contributed by atoms with E-state index >= 15 is 0 Å². The lowest BCUT2D eigenvalue weighted by atomic mass is 9.94. The molecule has 1 aliphatic rings. The van der Waals surface area contributed by atoms with Crippen LogP contribution in [0.25, 0.3) is 0 Å². The number of anilines is 1. The number of para-hydroxylation sites is 1. The van der Waals surface area contributed by atoms with Crippen molar-refractivity contribution in [2.45, 2.75) is 44.8 Å². The van der Waals surface area contributed by atoms with Crippen molar-refractivity contribution in [3.63, 3.8) is 0 Å². The molecule has 1 fully saturated rings. The second-order valence-corrected chi connectivity index (χ2v) is 7.81. The maximum Gasteiger partial charge on any atom is 0.414 e. The number of carbonyl (C=O) groups is 3. The molecule has 8 nitrogen and oxygen atoms in total. The summed E-state index contributed by atoms with van der Waals surface area (Å²) in [7, 11) is 1.76. The van der Waals surface area contributed by atoms with E-state index in [2.05, 4.69) is 35.2 Å². The number of benzene rings is 2. The Hall–Kier alpha value is -3.23. The van der Waals surface area contributed by atoms with E-state index in [-0.39, 0.29) is 11.9 Å². The molecule has 178 valence electrons. The standard InChI is InChI=1S/C23H30N2O2.C2H2O4/c1-3-23(26)25(20-12-8-5-9-13-20)21-14-15-24(22(16-21)18-27-2)17-19-10-6-4-7-11-19;3-1(4)2(5)6/h4-13,21-22H,3,14-18H2,1-2H3;(H,3,4)(H,5,6). The molecule has 33 heavy (non-hydrogen) atoms. The van der Waals surface area contributed by atoms with Crippen LogP contribution in [0.2, 0.25) is 0 Å². The van der Waals surface area contributed by atoms with Gasteiger partial charge in [-0.3, -0.25) is 9.69 Å². The van der Waals surface area contributed by atoms with Gasteiger partial charge in [0, 0.05) is 44.4 Å². The van der Waals surface area contributed by atoms with Crippen molar-refractivity contribution in [2.75, 3.05) is 25.2 Å². The van der Waals surface area contributed by atoms with Crippen LogP contribution in [-0.4, -0.2) is 65.3 Å². The van der Waals surface area contributed by atoms with Crippen molar-refractivity contribution in [1.82, 2.24) is 4.90 Å². The van der Waals surface area contributed by atoms with Gasteiger partial charge in [-0.1, -0.05) is 55.5 Å². The predicted octanol–water partition coefficient (Wildman–Crippen LogP) is 3.26. The second kappa shape index (κ2) is 13.3. The number of piperidine rings is 1. The Morgan fingerprint density at radius 2 is 1.58 bits per heavy atom. The number of likely N-dealkylation sites (tertiary alicyclic amines) is 1. The number of ether oxygens (including phenoxy) is 1. The number of hydrogen-bond donors (Lipinski definition) is 2. The predicted molar refractivity (Wildman–Crippen MR) is 125 cm³/mol. The quantitative estimate of drug-likeness (QED) is 0.616. The second-order valence-electron chi connectivity index (χ2n) is 7.81. The first kappa shape index (κ1) is 26.0. The zero-order valence-corrected chi connectivity index (χ0v) is 19.1. The molecule has 0 spiro atoms. The van der Waals surface area contributed by atoms with Crippen molar-refractivity contribution < 1.29 is 29.3 Å². The Morgan fingerprint density at radius 1 is 1.00 bits per heavy atom. The van der Waals surface area contributed by atoms with Crippen LogP contribution in [0.15, 0.2) is 60.7 Å². The molecule has 2 aromatic carbocycles. The van der Waals surface area contributed by atoms with Gasteiger partial charge < -0.3 is 19.8 Å². The molecule has 0 aromatic heterocycles. The highest BCUT2D eigenvalue weighted by Gasteiger charge is 2.34. The van der Waals surface area contributed by atoms with Gasteiger partial charge in [-0.2, -0.15) is 0 Å². The van der Waals surface area contributed by atoms with E-state index in [1.807, 2.05) is 42.2 Å². The smallest absolute Gasteiger partial charge is 0.414 e. The summed E-state index contributed by atoms with van der Waals surface area (Å²) >= 11 is 0. The summed E-state index contributed by atoms with van der Waals surface area (Å²) in [6.07, 6.45) is 2.43. The number of rotatable bonds is 7. The van der Waals surface area contributed by atoms with Gasteiger partial charge >= 0.3 is 11.9 Å². The van der Waals surface area contributed by atoms with Crippen molar-refractivity contribution in [2.24, 2.45) is 0 Å². The van der Waals surface area contributed by atoms with Crippen LogP contribution in [0.1, 0.15) is 31.7 Å². The van der Waals surface area contributed by atoms with E-state index in [1.54, 1.807) is 7.11 Å². The van der Waals surface area contributed by atoms with Crippen LogP contribution >= 0.6 is 0 Å². The molecular formula is C25H32N2O6. The van der Waals surface area contributed by atoms with Crippen LogP contribution in [0.3, 0.4) is 0 Å². The van der Waals surface area contributed by atoms with Crippen LogP contribution < -0.4 is 4.90 Å². The van der Waals surface area contributed by atoms with Gasteiger partial charge in [-0.15, -0.1) is 0 Å². The highest BCUT2D eigenvalue weighted by Crippen LogP contribution is 2.28. The lowest BCUT2D eigenvalue weighted by Gasteiger charge is -2.43. The van der Waals surface area contributed by atoms with E-state index in [0.717, 1.165) is 31.6 Å². The Balaban J connectivity index is 0.000000569. The Labute approximate surface area is 194 Å². The number of hydrogen-bond acceptors (Lipinski definition) is 5. The zero-order chi connectivity index (χ0) is 24.2. The fourth-order valence-corrected chi connectivity index (χ4v) is 4.02. The summed E-state index contributed by atoms with van der Waals surface area (Å²) in [5.41, 5.74) is 2.32. The zero-order valence-electron chi connectivity index (χ0n) is 19.1. The van der Waals surface area contributed by atoms with Crippen LogP contribution in [-0.2, 0) is 25.7 Å². The normalized spacial score (nSPS) is 18.0. The molecule has 2 N–H and O–H groups in total. The Bertz CT molecular complexity index is 878. The molecular weight excluding hydrogens is 424 g/mol. The average molecular weight is 457 g/mol. The van der Waals surface area contributed by atoms with Crippen molar-refractivity contribution in [1.29, 1.82) is 0 Å². The first-order valence-electron chi connectivity index (χ1n) is 11.0. The average Bonchev–Trinajstić information content (AvgIpc) is 2.82. The monoisotopic (exact) mass is 456 g/mol. The van der Waals surface area contributed by atoms with E-state index in [1.165, 1.54) is 5.56 Å². The van der Waals surface area contributed by atoms with E-state index < -0.39 is 11.9 Å². The lowest BCUT2D eigenvalue weighted by molar-refractivity contribution is -0.159. The molecule has 3 rings (SSSR count). The molecule has 1 saturated heterocycles. The van der Waals surface area contributed by atoms with Crippen molar-refractivity contribution in [3.05, 3.63) is 66.2 Å².